The molecule has 0 aliphatic carbocycles. The molecule has 4 rings (SSSR count). The highest BCUT2D eigenvalue weighted by Crippen LogP contribution is 2.32. The fourth-order valence-electron chi connectivity index (χ4n) is 3.69. The number of anilines is 1. The first-order valence-corrected chi connectivity index (χ1v) is 10.7. The van der Waals surface area contributed by atoms with Crippen molar-refractivity contribution >= 4 is 40.2 Å². The summed E-state index contributed by atoms with van der Waals surface area (Å²) in [5.41, 5.74) is 1.46. The fraction of sp³-hybridized carbons (Fsp3) is 0.231. The summed E-state index contributed by atoms with van der Waals surface area (Å²) in [6.07, 6.45) is 0. The monoisotopic (exact) mass is 444 g/mol. The second-order valence-corrected chi connectivity index (χ2v) is 8.38. The highest BCUT2D eigenvalue weighted by atomic mass is 16.5. The highest BCUT2D eigenvalue weighted by molar-refractivity contribution is 6.35. The lowest BCUT2D eigenvalue weighted by Gasteiger charge is -2.27. The zero-order valence-electron chi connectivity index (χ0n) is 18.6. The molecule has 0 spiro atoms. The van der Waals surface area contributed by atoms with Gasteiger partial charge in [-0.3, -0.25) is 14.4 Å². The zero-order chi connectivity index (χ0) is 23.7. The number of amides is 3. The molecular formula is C26H24N2O5. The number of rotatable bonds is 6. The van der Waals surface area contributed by atoms with Gasteiger partial charge in [-0.1, -0.05) is 38.1 Å². The number of benzene rings is 3. The van der Waals surface area contributed by atoms with Crippen LogP contribution >= 0.6 is 0 Å². The molecule has 3 aromatic rings. The largest absolute Gasteiger partial charge is 0.452 e. The average Bonchev–Trinajstić information content (AvgIpc) is 2.81. The minimum Gasteiger partial charge on any atom is -0.452 e. The lowest BCUT2D eigenvalue weighted by atomic mass is 9.94. The maximum atomic E-state index is 13.1. The molecule has 1 N–H and O–H groups in total. The van der Waals surface area contributed by atoms with Gasteiger partial charge >= 0.3 is 5.97 Å². The van der Waals surface area contributed by atoms with Crippen LogP contribution in [0, 0.1) is 5.92 Å². The maximum Gasteiger partial charge on any atom is 0.338 e. The van der Waals surface area contributed by atoms with E-state index in [4.69, 9.17) is 4.74 Å². The molecule has 0 saturated carbocycles. The van der Waals surface area contributed by atoms with Crippen molar-refractivity contribution in [3.63, 3.8) is 0 Å². The van der Waals surface area contributed by atoms with Crippen molar-refractivity contribution in [2.45, 2.75) is 26.8 Å². The second kappa shape index (κ2) is 8.86. The normalized spacial score (nSPS) is 13.9. The molecule has 1 aliphatic rings. The molecular weight excluding hydrogens is 420 g/mol. The Bertz CT molecular complexity index is 1210. The molecule has 168 valence electrons. The summed E-state index contributed by atoms with van der Waals surface area (Å²) in [5.74, 6) is -1.62. The Balaban J connectivity index is 1.49. The molecule has 0 aromatic heterocycles. The van der Waals surface area contributed by atoms with E-state index in [0.717, 1.165) is 10.3 Å². The van der Waals surface area contributed by atoms with Crippen LogP contribution in [-0.4, -0.2) is 36.3 Å². The van der Waals surface area contributed by atoms with Crippen LogP contribution in [0.5, 0.6) is 0 Å². The van der Waals surface area contributed by atoms with Crippen LogP contribution < -0.4 is 10.2 Å². The highest BCUT2D eigenvalue weighted by Gasteiger charge is 2.33. The summed E-state index contributed by atoms with van der Waals surface area (Å²) in [7, 11) is 0. The van der Waals surface area contributed by atoms with E-state index in [2.05, 4.69) is 5.32 Å². The minimum absolute atomic E-state index is 0.0360. The molecule has 33 heavy (non-hydrogen) atoms. The lowest BCUT2D eigenvalue weighted by molar-refractivity contribution is -0.125. The molecule has 7 heteroatoms. The number of imide groups is 1. The summed E-state index contributed by atoms with van der Waals surface area (Å²) in [4.78, 5) is 51.6. The first-order chi connectivity index (χ1) is 15.8. The number of ether oxygens (including phenoxy) is 1. The number of hydrogen-bond donors (Lipinski definition) is 1. The molecule has 3 amide bonds. The van der Waals surface area contributed by atoms with Crippen molar-refractivity contribution in [2.24, 2.45) is 5.92 Å². The number of carbonyl (C=O) groups is 4. The number of hydrogen-bond acceptors (Lipinski definition) is 5. The standard InChI is InChI=1S/C26H24N2O5/c1-15(2)16(3)27-22(29)14-33-26(32)18-10-12-19(13-11-18)28-24(30)20-8-4-6-17-7-5-9-21(23(17)20)25(28)31/h4-13,15-16H,14H2,1-3H3,(H,27,29). The van der Waals surface area contributed by atoms with Crippen LogP contribution in [0.25, 0.3) is 10.8 Å². The van der Waals surface area contributed by atoms with Gasteiger partial charge in [0, 0.05) is 22.6 Å². The molecule has 0 fully saturated rings. The van der Waals surface area contributed by atoms with E-state index in [-0.39, 0.29) is 30.0 Å². The smallest absolute Gasteiger partial charge is 0.338 e. The van der Waals surface area contributed by atoms with E-state index in [9.17, 15) is 19.2 Å². The van der Waals surface area contributed by atoms with Crippen molar-refractivity contribution < 1.29 is 23.9 Å². The second-order valence-electron chi connectivity index (χ2n) is 8.38. The quantitative estimate of drug-likeness (QED) is 0.459. The van der Waals surface area contributed by atoms with Gasteiger partial charge in [0.25, 0.3) is 17.7 Å². The Morgan fingerprint density at radius 1 is 0.879 bits per heavy atom. The molecule has 1 heterocycles. The number of carbonyl (C=O) groups excluding carboxylic acids is 4. The van der Waals surface area contributed by atoms with Gasteiger partial charge in [-0.05, 0) is 54.6 Å². The molecule has 7 nitrogen and oxygen atoms in total. The zero-order valence-corrected chi connectivity index (χ0v) is 18.6. The van der Waals surface area contributed by atoms with Gasteiger partial charge in [0.15, 0.2) is 6.61 Å². The van der Waals surface area contributed by atoms with Crippen molar-refractivity contribution in [1.82, 2.24) is 5.32 Å². The molecule has 1 atom stereocenters. The first-order valence-electron chi connectivity index (χ1n) is 10.7. The Morgan fingerprint density at radius 2 is 1.45 bits per heavy atom. The third-order valence-corrected chi connectivity index (χ3v) is 5.86. The van der Waals surface area contributed by atoms with E-state index in [1.807, 2.05) is 32.9 Å². The fourth-order valence-corrected chi connectivity index (χ4v) is 3.69. The first kappa shape index (κ1) is 22.2. The van der Waals surface area contributed by atoms with Gasteiger partial charge in [0.2, 0.25) is 0 Å². The van der Waals surface area contributed by atoms with Crippen molar-refractivity contribution in [2.75, 3.05) is 11.5 Å². The van der Waals surface area contributed by atoms with Crippen molar-refractivity contribution in [1.29, 1.82) is 0 Å². The third-order valence-electron chi connectivity index (χ3n) is 5.86. The van der Waals surface area contributed by atoms with Gasteiger partial charge in [-0.15, -0.1) is 0 Å². The van der Waals surface area contributed by atoms with E-state index >= 15 is 0 Å². The van der Waals surface area contributed by atoms with Gasteiger partial charge in [-0.25, -0.2) is 9.69 Å². The lowest BCUT2D eigenvalue weighted by Crippen LogP contribution is -2.40. The summed E-state index contributed by atoms with van der Waals surface area (Å²) in [5, 5.41) is 4.25. The topological polar surface area (TPSA) is 92.8 Å². The van der Waals surface area contributed by atoms with E-state index in [0.29, 0.717) is 22.2 Å². The molecule has 1 aliphatic heterocycles. The molecule has 0 radical (unpaired) electrons. The van der Waals surface area contributed by atoms with Crippen molar-refractivity contribution in [3.05, 3.63) is 77.4 Å². The summed E-state index contributed by atoms with van der Waals surface area (Å²) in [6, 6.07) is 16.6. The van der Waals surface area contributed by atoms with Gasteiger partial charge in [0.05, 0.1) is 11.3 Å². The predicted molar refractivity (Wildman–Crippen MR) is 124 cm³/mol. The molecule has 3 aromatic carbocycles. The minimum atomic E-state index is -0.666. The third kappa shape index (κ3) is 4.22. The Kier molecular flexibility index (Phi) is 5.96. The van der Waals surface area contributed by atoms with E-state index in [1.165, 1.54) is 24.3 Å². The summed E-state index contributed by atoms with van der Waals surface area (Å²) in [6.45, 7) is 5.46. The van der Waals surface area contributed by atoms with Crippen LogP contribution in [0.1, 0.15) is 51.8 Å². The maximum absolute atomic E-state index is 13.1. The predicted octanol–water partition coefficient (Wildman–Crippen LogP) is 3.96. The van der Waals surface area contributed by atoms with Crippen LogP contribution in [0.4, 0.5) is 5.69 Å². The van der Waals surface area contributed by atoms with Crippen molar-refractivity contribution in [3.8, 4) is 0 Å². The van der Waals surface area contributed by atoms with Gasteiger partial charge < -0.3 is 10.1 Å². The molecule has 0 bridgehead atoms. The summed E-state index contributed by atoms with van der Waals surface area (Å²) >= 11 is 0. The average molecular weight is 444 g/mol. The number of esters is 1. The SMILES string of the molecule is CC(C)C(C)NC(=O)COC(=O)c1ccc(N2C(=O)c3cccc4cccc(c34)C2=O)cc1. The van der Waals surface area contributed by atoms with E-state index < -0.39 is 17.8 Å². The Labute approximate surface area is 191 Å². The van der Waals surface area contributed by atoms with Crippen LogP contribution in [0.2, 0.25) is 0 Å². The van der Waals surface area contributed by atoms with E-state index in [1.54, 1.807) is 24.3 Å². The Hall–Kier alpha value is -4.00. The Morgan fingerprint density at radius 3 is 2.00 bits per heavy atom. The van der Waals surface area contributed by atoms with Gasteiger partial charge in [-0.2, -0.15) is 0 Å². The summed E-state index contributed by atoms with van der Waals surface area (Å²) < 4.78 is 5.08. The van der Waals surface area contributed by atoms with Crippen LogP contribution in [-0.2, 0) is 9.53 Å². The number of nitrogens with zero attached hydrogens (tertiary/aromatic N) is 1. The van der Waals surface area contributed by atoms with Crippen LogP contribution in [0.3, 0.4) is 0 Å². The number of nitrogens with one attached hydrogen (secondary N) is 1. The molecule has 0 saturated heterocycles. The van der Waals surface area contributed by atoms with Crippen LogP contribution in [0.15, 0.2) is 60.7 Å². The molecule has 1 unspecified atom stereocenters. The van der Waals surface area contributed by atoms with Gasteiger partial charge in [0.1, 0.15) is 0 Å².